The number of benzene rings is 2. The number of anilines is 1. The van der Waals surface area contributed by atoms with Crippen molar-refractivity contribution < 1.29 is 14.3 Å². The second kappa shape index (κ2) is 8.55. The second-order valence-corrected chi connectivity index (χ2v) is 5.76. The van der Waals surface area contributed by atoms with Crippen LogP contribution in [0.15, 0.2) is 53.4 Å². The molecule has 0 aliphatic carbocycles. The highest BCUT2D eigenvalue weighted by molar-refractivity contribution is 7.98. The molecule has 122 valence electrons. The molecular formula is C17H19FN2O2S. The average molecular weight is 334 g/mol. The van der Waals surface area contributed by atoms with E-state index >= 15 is 0 Å². The zero-order valence-electron chi connectivity index (χ0n) is 12.8. The van der Waals surface area contributed by atoms with Crippen LogP contribution in [-0.4, -0.2) is 35.4 Å². The number of hydrogen-bond donors (Lipinski definition) is 2. The summed E-state index contributed by atoms with van der Waals surface area (Å²) >= 11 is 1.31. The van der Waals surface area contributed by atoms with Crippen molar-refractivity contribution in [3.05, 3.63) is 59.9 Å². The van der Waals surface area contributed by atoms with Gasteiger partial charge in [-0.05, 0) is 30.0 Å². The lowest BCUT2D eigenvalue weighted by atomic mass is 10.2. The van der Waals surface area contributed by atoms with E-state index in [1.165, 1.54) is 22.7 Å². The Morgan fingerprint density at radius 2 is 2.00 bits per heavy atom. The third-order valence-corrected chi connectivity index (χ3v) is 4.05. The van der Waals surface area contributed by atoms with Crippen molar-refractivity contribution in [3.63, 3.8) is 0 Å². The first kappa shape index (κ1) is 17.3. The molecule has 2 amide bonds. The molecule has 2 aromatic carbocycles. The number of nitrogens with one attached hydrogen (secondary N) is 1. The average Bonchev–Trinajstić information content (AvgIpc) is 2.55. The maximum atomic E-state index is 13.8. The van der Waals surface area contributed by atoms with Crippen molar-refractivity contribution in [3.8, 4) is 0 Å². The fourth-order valence-electron chi connectivity index (χ4n) is 2.12. The molecule has 6 heteroatoms. The topological polar surface area (TPSA) is 52.6 Å². The zero-order chi connectivity index (χ0) is 16.7. The molecule has 0 radical (unpaired) electrons. The van der Waals surface area contributed by atoms with Gasteiger partial charge in [0.1, 0.15) is 5.82 Å². The van der Waals surface area contributed by atoms with Crippen LogP contribution in [0.3, 0.4) is 0 Å². The molecule has 0 bridgehead atoms. The van der Waals surface area contributed by atoms with Crippen LogP contribution in [0, 0.1) is 5.82 Å². The molecule has 0 aliphatic heterocycles. The monoisotopic (exact) mass is 334 g/mol. The SMILES string of the molecule is CSc1ccc(NC(=O)N(CCO)Cc2ccccc2)cc1F. The van der Waals surface area contributed by atoms with Gasteiger partial charge in [0.2, 0.25) is 0 Å². The van der Waals surface area contributed by atoms with Gasteiger partial charge in [-0.25, -0.2) is 9.18 Å². The van der Waals surface area contributed by atoms with Crippen LogP contribution in [-0.2, 0) is 6.54 Å². The van der Waals surface area contributed by atoms with E-state index in [1.807, 2.05) is 30.3 Å². The molecule has 0 saturated carbocycles. The summed E-state index contributed by atoms with van der Waals surface area (Å²) < 4.78 is 13.8. The summed E-state index contributed by atoms with van der Waals surface area (Å²) in [5, 5.41) is 11.8. The Morgan fingerprint density at radius 1 is 1.26 bits per heavy atom. The minimum atomic E-state index is -0.376. The van der Waals surface area contributed by atoms with Gasteiger partial charge in [-0.3, -0.25) is 0 Å². The molecule has 0 fully saturated rings. The van der Waals surface area contributed by atoms with Gasteiger partial charge < -0.3 is 15.3 Å². The summed E-state index contributed by atoms with van der Waals surface area (Å²) in [6.45, 7) is 0.435. The number of hydrogen-bond acceptors (Lipinski definition) is 3. The highest BCUT2D eigenvalue weighted by Gasteiger charge is 2.14. The van der Waals surface area contributed by atoms with E-state index in [9.17, 15) is 9.18 Å². The van der Waals surface area contributed by atoms with Crippen molar-refractivity contribution in [1.29, 1.82) is 0 Å². The van der Waals surface area contributed by atoms with Crippen molar-refractivity contribution >= 4 is 23.5 Å². The van der Waals surface area contributed by atoms with Crippen molar-refractivity contribution in [2.24, 2.45) is 0 Å². The first-order valence-corrected chi connectivity index (χ1v) is 8.40. The fraction of sp³-hybridized carbons (Fsp3) is 0.235. The lowest BCUT2D eigenvalue weighted by molar-refractivity contribution is 0.185. The molecule has 0 saturated heterocycles. The number of amides is 2. The molecule has 23 heavy (non-hydrogen) atoms. The predicted octanol–water partition coefficient (Wildman–Crippen LogP) is 3.57. The van der Waals surface area contributed by atoms with Gasteiger partial charge in [0, 0.05) is 23.7 Å². The van der Waals surface area contributed by atoms with E-state index < -0.39 is 0 Å². The van der Waals surface area contributed by atoms with Gasteiger partial charge in [0.05, 0.1) is 6.61 Å². The number of urea groups is 1. The van der Waals surface area contributed by atoms with Crippen LogP contribution in [0.5, 0.6) is 0 Å². The molecule has 4 nitrogen and oxygen atoms in total. The van der Waals surface area contributed by atoms with Gasteiger partial charge >= 0.3 is 6.03 Å². The standard InChI is InChI=1S/C17H19FN2O2S/c1-23-16-8-7-14(11-15(16)18)19-17(22)20(9-10-21)12-13-5-3-2-4-6-13/h2-8,11,21H,9-10,12H2,1H3,(H,19,22). The number of thioether (sulfide) groups is 1. The third kappa shape index (κ3) is 4.97. The largest absolute Gasteiger partial charge is 0.395 e. The quantitative estimate of drug-likeness (QED) is 0.794. The summed E-state index contributed by atoms with van der Waals surface area (Å²) in [5.74, 6) is -0.368. The van der Waals surface area contributed by atoms with Crippen LogP contribution in [0.25, 0.3) is 0 Å². The normalized spacial score (nSPS) is 10.4. The van der Waals surface area contributed by atoms with Crippen LogP contribution in [0.2, 0.25) is 0 Å². The van der Waals surface area contributed by atoms with Gasteiger partial charge in [-0.1, -0.05) is 30.3 Å². The first-order chi connectivity index (χ1) is 11.1. The zero-order valence-corrected chi connectivity index (χ0v) is 13.6. The highest BCUT2D eigenvalue weighted by atomic mass is 32.2. The molecular weight excluding hydrogens is 315 g/mol. The van der Waals surface area contributed by atoms with E-state index in [0.717, 1.165) is 5.56 Å². The van der Waals surface area contributed by atoms with Crippen molar-refractivity contribution in [2.75, 3.05) is 24.7 Å². The molecule has 0 unspecified atom stereocenters. The number of aliphatic hydroxyl groups excluding tert-OH is 1. The molecule has 0 aliphatic rings. The second-order valence-electron chi connectivity index (χ2n) is 4.91. The lowest BCUT2D eigenvalue weighted by Gasteiger charge is -2.22. The molecule has 0 heterocycles. The highest BCUT2D eigenvalue weighted by Crippen LogP contribution is 2.22. The molecule has 2 rings (SSSR count). The van der Waals surface area contributed by atoms with E-state index in [4.69, 9.17) is 5.11 Å². The van der Waals surface area contributed by atoms with Crippen LogP contribution < -0.4 is 5.32 Å². The molecule has 0 atom stereocenters. The Bertz CT molecular complexity index is 652. The fourth-order valence-corrected chi connectivity index (χ4v) is 2.58. The Morgan fingerprint density at radius 3 is 2.61 bits per heavy atom. The minimum absolute atomic E-state index is 0.139. The Labute approximate surface area is 139 Å². The Balaban J connectivity index is 2.07. The van der Waals surface area contributed by atoms with Crippen LogP contribution >= 0.6 is 11.8 Å². The predicted molar refractivity (Wildman–Crippen MR) is 91.1 cm³/mol. The van der Waals surface area contributed by atoms with Crippen molar-refractivity contribution in [1.82, 2.24) is 4.90 Å². The van der Waals surface area contributed by atoms with E-state index in [1.54, 1.807) is 18.4 Å². The molecule has 2 N–H and O–H groups in total. The number of carbonyl (C=O) groups excluding carboxylic acids is 1. The first-order valence-electron chi connectivity index (χ1n) is 7.18. The van der Waals surface area contributed by atoms with Crippen LogP contribution in [0.4, 0.5) is 14.9 Å². The molecule has 0 aromatic heterocycles. The van der Waals surface area contributed by atoms with Gasteiger partial charge in [-0.15, -0.1) is 11.8 Å². The maximum Gasteiger partial charge on any atom is 0.322 e. The maximum absolute atomic E-state index is 13.8. The molecule has 2 aromatic rings. The number of carbonyl (C=O) groups is 1. The minimum Gasteiger partial charge on any atom is -0.395 e. The summed E-state index contributed by atoms with van der Waals surface area (Å²) in [5.41, 5.74) is 1.35. The van der Waals surface area contributed by atoms with Gasteiger partial charge in [-0.2, -0.15) is 0 Å². The van der Waals surface area contributed by atoms with E-state index in [0.29, 0.717) is 17.1 Å². The van der Waals surface area contributed by atoms with Crippen molar-refractivity contribution in [2.45, 2.75) is 11.4 Å². The Hall–Kier alpha value is -2.05. The van der Waals surface area contributed by atoms with E-state index in [2.05, 4.69) is 5.32 Å². The summed E-state index contributed by atoms with van der Waals surface area (Å²) in [6.07, 6.45) is 1.79. The lowest BCUT2D eigenvalue weighted by Crippen LogP contribution is -2.36. The summed E-state index contributed by atoms with van der Waals surface area (Å²) in [7, 11) is 0. The number of rotatable bonds is 6. The third-order valence-electron chi connectivity index (χ3n) is 3.28. The summed E-state index contributed by atoms with van der Waals surface area (Å²) in [4.78, 5) is 14.4. The van der Waals surface area contributed by atoms with Crippen LogP contribution in [0.1, 0.15) is 5.56 Å². The smallest absolute Gasteiger partial charge is 0.322 e. The van der Waals surface area contributed by atoms with Gasteiger partial charge in [0.15, 0.2) is 0 Å². The number of nitrogens with zero attached hydrogens (tertiary/aromatic N) is 1. The van der Waals surface area contributed by atoms with E-state index in [-0.39, 0.29) is 25.0 Å². The molecule has 0 spiro atoms. The number of halogens is 1. The van der Waals surface area contributed by atoms with Gasteiger partial charge in [0.25, 0.3) is 0 Å². The summed E-state index contributed by atoms with van der Waals surface area (Å²) in [6, 6.07) is 13.7. The Kier molecular flexibility index (Phi) is 6.43. The number of aliphatic hydroxyl groups is 1.